The molecular formula is C12H12ClN3O3S. The molecule has 20 heavy (non-hydrogen) atoms. The molecule has 0 radical (unpaired) electrons. The molecule has 8 heteroatoms. The number of nitrogens with zero attached hydrogens (tertiary/aromatic N) is 2. The molecule has 1 amide bonds. The predicted octanol–water partition coefficient (Wildman–Crippen LogP) is 2.63. The molecule has 1 N–H and O–H groups in total. The van der Waals surface area contributed by atoms with Crippen molar-refractivity contribution in [3.05, 3.63) is 17.2 Å². The van der Waals surface area contributed by atoms with E-state index in [1.165, 1.54) is 0 Å². The zero-order valence-electron chi connectivity index (χ0n) is 10.7. The number of carbonyl (C=O) groups is 2. The predicted molar refractivity (Wildman–Crippen MR) is 76.9 cm³/mol. The summed E-state index contributed by atoms with van der Waals surface area (Å²) in [4.78, 5) is 23.0. The zero-order valence-corrected chi connectivity index (χ0v) is 12.3. The summed E-state index contributed by atoms with van der Waals surface area (Å²) in [6.07, 6.45) is 0.0612. The molecule has 106 valence electrons. The van der Waals surface area contributed by atoms with Crippen molar-refractivity contribution in [3.63, 3.8) is 0 Å². The normalized spacial score (nSPS) is 10.5. The number of ether oxygens (including phenoxy) is 1. The van der Waals surface area contributed by atoms with Crippen molar-refractivity contribution in [2.75, 3.05) is 11.9 Å². The number of carbonyl (C=O) groups excluding carboxylic acids is 2. The van der Waals surface area contributed by atoms with Gasteiger partial charge in [-0.05, 0) is 19.1 Å². The third-order valence-electron chi connectivity index (χ3n) is 2.50. The minimum Gasteiger partial charge on any atom is -0.466 e. The summed E-state index contributed by atoms with van der Waals surface area (Å²) in [6, 6.07) is 3.38. The number of esters is 1. The van der Waals surface area contributed by atoms with E-state index in [-0.39, 0.29) is 18.7 Å². The Labute approximate surface area is 124 Å². The highest BCUT2D eigenvalue weighted by atomic mass is 35.5. The van der Waals surface area contributed by atoms with Crippen molar-refractivity contribution >= 4 is 51.9 Å². The number of fused-ring (bicyclic) bond motifs is 1. The number of benzene rings is 1. The quantitative estimate of drug-likeness (QED) is 0.858. The average Bonchev–Trinajstić information content (AvgIpc) is 2.89. The fourth-order valence-corrected chi connectivity index (χ4v) is 2.34. The highest BCUT2D eigenvalue weighted by Crippen LogP contribution is 2.29. The van der Waals surface area contributed by atoms with E-state index >= 15 is 0 Å². The Morgan fingerprint density at radius 2 is 2.15 bits per heavy atom. The number of halogens is 1. The van der Waals surface area contributed by atoms with Gasteiger partial charge in [-0.15, -0.1) is 0 Å². The van der Waals surface area contributed by atoms with Gasteiger partial charge in [0.2, 0.25) is 5.91 Å². The second-order valence-corrected chi connectivity index (χ2v) is 4.84. The van der Waals surface area contributed by atoms with Crippen LogP contribution in [0.25, 0.3) is 11.0 Å². The van der Waals surface area contributed by atoms with Crippen molar-refractivity contribution in [1.82, 2.24) is 8.75 Å². The molecule has 1 aromatic carbocycles. The van der Waals surface area contributed by atoms with Crippen LogP contribution < -0.4 is 5.32 Å². The highest BCUT2D eigenvalue weighted by molar-refractivity contribution is 7.00. The molecule has 0 saturated heterocycles. The minimum absolute atomic E-state index is 0.0303. The van der Waals surface area contributed by atoms with Gasteiger partial charge in [-0.1, -0.05) is 11.6 Å². The maximum Gasteiger partial charge on any atom is 0.306 e. The van der Waals surface area contributed by atoms with E-state index < -0.39 is 5.97 Å². The highest BCUT2D eigenvalue weighted by Gasteiger charge is 2.14. The Kier molecular flexibility index (Phi) is 4.86. The molecule has 0 aliphatic heterocycles. The Morgan fingerprint density at radius 3 is 2.90 bits per heavy atom. The van der Waals surface area contributed by atoms with Crippen LogP contribution in [0.2, 0.25) is 5.02 Å². The van der Waals surface area contributed by atoms with Crippen molar-refractivity contribution in [2.45, 2.75) is 19.8 Å². The van der Waals surface area contributed by atoms with Gasteiger partial charge in [0.25, 0.3) is 0 Å². The smallest absolute Gasteiger partial charge is 0.306 e. The van der Waals surface area contributed by atoms with Crippen LogP contribution in [0.5, 0.6) is 0 Å². The summed E-state index contributed by atoms with van der Waals surface area (Å²) >= 11 is 7.09. The van der Waals surface area contributed by atoms with E-state index in [1.54, 1.807) is 19.1 Å². The van der Waals surface area contributed by atoms with Gasteiger partial charge in [0.1, 0.15) is 11.0 Å². The van der Waals surface area contributed by atoms with Gasteiger partial charge in [0, 0.05) is 6.42 Å². The van der Waals surface area contributed by atoms with E-state index in [0.29, 0.717) is 28.4 Å². The Bertz CT molecular complexity index is 644. The van der Waals surface area contributed by atoms with Gasteiger partial charge in [-0.25, -0.2) is 0 Å². The molecule has 6 nitrogen and oxygen atoms in total. The van der Waals surface area contributed by atoms with Crippen LogP contribution in [0, 0.1) is 0 Å². The third kappa shape index (κ3) is 3.43. The van der Waals surface area contributed by atoms with Crippen molar-refractivity contribution in [1.29, 1.82) is 0 Å². The molecule has 2 rings (SSSR count). The average molecular weight is 314 g/mol. The maximum absolute atomic E-state index is 11.8. The molecule has 0 aliphatic carbocycles. The summed E-state index contributed by atoms with van der Waals surface area (Å²) in [5.41, 5.74) is 1.64. The molecule has 0 spiro atoms. The van der Waals surface area contributed by atoms with E-state index in [2.05, 4.69) is 14.1 Å². The maximum atomic E-state index is 11.8. The topological polar surface area (TPSA) is 81.2 Å². The number of nitrogens with one attached hydrogen (secondary N) is 1. The SMILES string of the molecule is CCOC(=O)CCC(=O)Nc1c(Cl)ccc2nsnc12. The first-order chi connectivity index (χ1) is 9.61. The Hall–Kier alpha value is -1.73. The van der Waals surface area contributed by atoms with E-state index in [0.717, 1.165) is 11.7 Å². The van der Waals surface area contributed by atoms with Crippen LogP contribution in [0.15, 0.2) is 12.1 Å². The van der Waals surface area contributed by atoms with Crippen LogP contribution in [0.4, 0.5) is 5.69 Å². The van der Waals surface area contributed by atoms with E-state index in [1.807, 2.05) is 0 Å². The number of amides is 1. The van der Waals surface area contributed by atoms with Gasteiger partial charge in [0.15, 0.2) is 0 Å². The summed E-state index contributed by atoms with van der Waals surface area (Å²) in [5, 5.41) is 3.05. The first-order valence-corrected chi connectivity index (χ1v) is 7.09. The van der Waals surface area contributed by atoms with Crippen LogP contribution >= 0.6 is 23.3 Å². The Morgan fingerprint density at radius 1 is 1.35 bits per heavy atom. The fraction of sp³-hybridized carbons (Fsp3) is 0.333. The van der Waals surface area contributed by atoms with Gasteiger partial charge in [-0.3, -0.25) is 9.59 Å². The van der Waals surface area contributed by atoms with Crippen LogP contribution in [-0.2, 0) is 14.3 Å². The molecule has 1 heterocycles. The third-order valence-corrected chi connectivity index (χ3v) is 3.36. The van der Waals surface area contributed by atoms with Crippen molar-refractivity contribution < 1.29 is 14.3 Å². The second-order valence-electron chi connectivity index (χ2n) is 3.91. The molecule has 1 aromatic heterocycles. The molecule has 0 bridgehead atoms. The van der Waals surface area contributed by atoms with E-state index in [9.17, 15) is 9.59 Å². The number of hydrogen-bond acceptors (Lipinski definition) is 6. The fourth-order valence-electron chi connectivity index (χ4n) is 1.60. The van der Waals surface area contributed by atoms with Crippen molar-refractivity contribution in [2.24, 2.45) is 0 Å². The number of aromatic nitrogens is 2. The number of hydrogen-bond donors (Lipinski definition) is 1. The standard InChI is InChI=1S/C12H12ClN3O3S/c1-2-19-10(18)6-5-9(17)14-11-7(13)3-4-8-12(11)16-20-15-8/h3-4H,2,5-6H2,1H3,(H,14,17). The molecule has 0 unspecified atom stereocenters. The van der Waals surface area contributed by atoms with Gasteiger partial charge < -0.3 is 10.1 Å². The molecule has 0 fully saturated rings. The van der Waals surface area contributed by atoms with Crippen LogP contribution in [-0.4, -0.2) is 27.2 Å². The summed E-state index contributed by atoms with van der Waals surface area (Å²) in [7, 11) is 0. The van der Waals surface area contributed by atoms with Crippen LogP contribution in [0.1, 0.15) is 19.8 Å². The second kappa shape index (κ2) is 6.62. The summed E-state index contributed by atoms with van der Waals surface area (Å²) in [5.74, 6) is -0.720. The lowest BCUT2D eigenvalue weighted by Gasteiger charge is -2.07. The summed E-state index contributed by atoms with van der Waals surface area (Å²) in [6.45, 7) is 2.02. The molecule has 0 aliphatic rings. The number of anilines is 1. The Balaban J connectivity index is 2.04. The van der Waals surface area contributed by atoms with Crippen LogP contribution in [0.3, 0.4) is 0 Å². The first-order valence-electron chi connectivity index (χ1n) is 5.98. The lowest BCUT2D eigenvalue weighted by molar-refractivity contribution is -0.144. The molecule has 0 atom stereocenters. The number of rotatable bonds is 5. The van der Waals surface area contributed by atoms with E-state index in [4.69, 9.17) is 16.3 Å². The first kappa shape index (κ1) is 14.7. The van der Waals surface area contributed by atoms with Crippen molar-refractivity contribution in [3.8, 4) is 0 Å². The summed E-state index contributed by atoms with van der Waals surface area (Å²) < 4.78 is 12.9. The molecule has 2 aromatic rings. The molecule has 0 saturated carbocycles. The monoisotopic (exact) mass is 313 g/mol. The van der Waals surface area contributed by atoms with Gasteiger partial charge >= 0.3 is 5.97 Å². The largest absolute Gasteiger partial charge is 0.466 e. The zero-order chi connectivity index (χ0) is 14.5. The lowest BCUT2D eigenvalue weighted by Crippen LogP contribution is -2.15. The molecular weight excluding hydrogens is 302 g/mol. The lowest BCUT2D eigenvalue weighted by atomic mass is 10.2. The van der Waals surface area contributed by atoms with Gasteiger partial charge in [0.05, 0.1) is 35.5 Å². The minimum atomic E-state index is -0.401. The van der Waals surface area contributed by atoms with Gasteiger partial charge in [-0.2, -0.15) is 8.75 Å².